The van der Waals surface area contributed by atoms with E-state index in [1.54, 1.807) is 12.1 Å². The number of methoxy groups -OCH3 is 1. The molecule has 7 nitrogen and oxygen atoms in total. The third-order valence-electron chi connectivity index (χ3n) is 4.16. The number of para-hydroxylation sites is 1. The molecule has 0 aromatic heterocycles. The quantitative estimate of drug-likeness (QED) is 0.809. The zero-order chi connectivity index (χ0) is 17.9. The first-order valence-electron chi connectivity index (χ1n) is 7.68. The Kier molecular flexibility index (Phi) is 5.84. The van der Waals surface area contributed by atoms with E-state index >= 15 is 0 Å². The monoisotopic (exact) mass is 356 g/mol. The van der Waals surface area contributed by atoms with Crippen LogP contribution in [-0.2, 0) is 14.8 Å². The van der Waals surface area contributed by atoms with E-state index in [2.05, 4.69) is 5.32 Å². The Balaban J connectivity index is 2.12. The van der Waals surface area contributed by atoms with E-state index in [1.807, 2.05) is 13.0 Å². The topological polar surface area (TPSA) is 84.9 Å². The molecule has 8 heteroatoms. The SMILES string of the molecule is COc1c(C)cccc1C(=O)N[C@@H]1COC[C@H]1CS(=O)(=O)N(C)C. The Labute approximate surface area is 143 Å². The van der Waals surface area contributed by atoms with Gasteiger partial charge in [0.05, 0.1) is 37.7 Å². The number of rotatable bonds is 6. The van der Waals surface area contributed by atoms with E-state index in [0.717, 1.165) is 5.56 Å². The third kappa shape index (κ3) is 4.06. The van der Waals surface area contributed by atoms with Crippen molar-refractivity contribution in [3.63, 3.8) is 0 Å². The molecule has 0 unspecified atom stereocenters. The van der Waals surface area contributed by atoms with Gasteiger partial charge in [0.1, 0.15) is 5.75 Å². The van der Waals surface area contributed by atoms with Crippen LogP contribution in [0.1, 0.15) is 15.9 Å². The molecule has 1 saturated heterocycles. The molecule has 0 spiro atoms. The lowest BCUT2D eigenvalue weighted by Crippen LogP contribution is -2.43. The second-order valence-corrected chi connectivity index (χ2v) is 8.32. The fourth-order valence-electron chi connectivity index (χ4n) is 2.69. The number of ether oxygens (including phenoxy) is 2. The highest BCUT2D eigenvalue weighted by Crippen LogP contribution is 2.24. The van der Waals surface area contributed by atoms with Crippen LogP contribution in [0.25, 0.3) is 0 Å². The van der Waals surface area contributed by atoms with Gasteiger partial charge < -0.3 is 14.8 Å². The van der Waals surface area contributed by atoms with Gasteiger partial charge in [-0.15, -0.1) is 0 Å². The molecule has 2 rings (SSSR count). The summed E-state index contributed by atoms with van der Waals surface area (Å²) in [6.07, 6.45) is 0. The van der Waals surface area contributed by atoms with Crippen molar-refractivity contribution in [2.45, 2.75) is 13.0 Å². The first-order valence-corrected chi connectivity index (χ1v) is 9.29. The van der Waals surface area contributed by atoms with Gasteiger partial charge in [-0.25, -0.2) is 12.7 Å². The van der Waals surface area contributed by atoms with Crippen LogP contribution in [0.5, 0.6) is 5.75 Å². The molecule has 1 aromatic carbocycles. The summed E-state index contributed by atoms with van der Waals surface area (Å²) < 4.78 is 36.0. The lowest BCUT2D eigenvalue weighted by Gasteiger charge is -2.21. The Morgan fingerprint density at radius 1 is 1.38 bits per heavy atom. The van der Waals surface area contributed by atoms with Crippen molar-refractivity contribution >= 4 is 15.9 Å². The van der Waals surface area contributed by atoms with E-state index in [9.17, 15) is 13.2 Å². The molecule has 1 aromatic rings. The molecule has 1 fully saturated rings. The third-order valence-corrected chi connectivity index (χ3v) is 6.12. The van der Waals surface area contributed by atoms with Gasteiger partial charge in [0.25, 0.3) is 5.91 Å². The molecule has 1 heterocycles. The lowest BCUT2D eigenvalue weighted by atomic mass is 10.0. The van der Waals surface area contributed by atoms with Gasteiger partial charge in [-0.2, -0.15) is 0 Å². The number of aryl methyl sites for hydroxylation is 1. The van der Waals surface area contributed by atoms with E-state index in [-0.39, 0.29) is 23.6 Å². The Bertz CT molecular complexity index is 702. The molecule has 0 saturated carbocycles. The Morgan fingerprint density at radius 3 is 2.71 bits per heavy atom. The van der Waals surface area contributed by atoms with Gasteiger partial charge in [-0.05, 0) is 18.6 Å². The summed E-state index contributed by atoms with van der Waals surface area (Å²) >= 11 is 0. The second kappa shape index (κ2) is 7.50. The predicted octanol–water partition coefficient (Wildman–Crippen LogP) is 0.640. The van der Waals surface area contributed by atoms with Crippen LogP contribution in [0.4, 0.5) is 0 Å². The highest BCUT2D eigenvalue weighted by Gasteiger charge is 2.34. The second-order valence-electron chi connectivity index (χ2n) is 6.09. The summed E-state index contributed by atoms with van der Waals surface area (Å²) in [5.41, 5.74) is 1.29. The van der Waals surface area contributed by atoms with E-state index in [1.165, 1.54) is 25.5 Å². The first kappa shape index (κ1) is 18.7. The number of amides is 1. The Morgan fingerprint density at radius 2 is 2.08 bits per heavy atom. The number of hydrogen-bond acceptors (Lipinski definition) is 5. The summed E-state index contributed by atoms with van der Waals surface area (Å²) in [6.45, 7) is 2.47. The molecule has 134 valence electrons. The van der Waals surface area contributed by atoms with Crippen molar-refractivity contribution in [1.29, 1.82) is 0 Å². The average Bonchev–Trinajstić information content (AvgIpc) is 2.93. The van der Waals surface area contributed by atoms with Crippen molar-refractivity contribution in [2.24, 2.45) is 5.92 Å². The van der Waals surface area contributed by atoms with Crippen molar-refractivity contribution in [1.82, 2.24) is 9.62 Å². The van der Waals surface area contributed by atoms with Crippen LogP contribution in [0.15, 0.2) is 18.2 Å². The van der Waals surface area contributed by atoms with E-state index < -0.39 is 10.0 Å². The van der Waals surface area contributed by atoms with E-state index in [4.69, 9.17) is 9.47 Å². The fraction of sp³-hybridized carbons (Fsp3) is 0.562. The van der Waals surface area contributed by atoms with Gasteiger partial charge in [-0.3, -0.25) is 4.79 Å². The first-order chi connectivity index (χ1) is 11.3. The number of carbonyl (C=O) groups is 1. The minimum atomic E-state index is -3.36. The number of benzene rings is 1. The van der Waals surface area contributed by atoms with Crippen LogP contribution >= 0.6 is 0 Å². The Hall–Kier alpha value is -1.64. The highest BCUT2D eigenvalue weighted by atomic mass is 32.2. The van der Waals surface area contributed by atoms with E-state index in [0.29, 0.717) is 24.5 Å². The lowest BCUT2D eigenvalue weighted by molar-refractivity contribution is 0.0923. The number of hydrogen-bond donors (Lipinski definition) is 1. The van der Waals surface area contributed by atoms with Gasteiger partial charge in [0.2, 0.25) is 10.0 Å². The van der Waals surface area contributed by atoms with Gasteiger partial charge in [0, 0.05) is 20.0 Å². The largest absolute Gasteiger partial charge is 0.496 e. The minimum absolute atomic E-state index is 0.0596. The molecule has 1 aliphatic rings. The van der Waals surface area contributed by atoms with Crippen LogP contribution in [-0.4, -0.2) is 64.8 Å². The molecule has 0 aliphatic carbocycles. The summed E-state index contributed by atoms with van der Waals surface area (Å²) in [4.78, 5) is 12.6. The predicted molar refractivity (Wildman–Crippen MR) is 90.8 cm³/mol. The molecule has 1 amide bonds. The smallest absolute Gasteiger partial charge is 0.255 e. The molecule has 0 bridgehead atoms. The van der Waals surface area contributed by atoms with Crippen LogP contribution in [0, 0.1) is 12.8 Å². The van der Waals surface area contributed by atoms with Crippen molar-refractivity contribution in [2.75, 3.05) is 40.2 Å². The summed E-state index contributed by atoms with van der Waals surface area (Å²) in [5.74, 6) is -0.113. The number of nitrogens with one attached hydrogen (secondary N) is 1. The minimum Gasteiger partial charge on any atom is -0.496 e. The molecule has 1 aliphatic heterocycles. The number of sulfonamides is 1. The van der Waals surface area contributed by atoms with Crippen molar-refractivity contribution in [3.8, 4) is 5.75 Å². The van der Waals surface area contributed by atoms with Crippen molar-refractivity contribution in [3.05, 3.63) is 29.3 Å². The molecule has 1 N–H and O–H groups in total. The van der Waals surface area contributed by atoms with Gasteiger partial charge in [0.15, 0.2) is 0 Å². The highest BCUT2D eigenvalue weighted by molar-refractivity contribution is 7.89. The zero-order valence-electron chi connectivity index (χ0n) is 14.4. The summed E-state index contributed by atoms with van der Waals surface area (Å²) in [6, 6.07) is 4.98. The molecule has 2 atom stereocenters. The molecule has 24 heavy (non-hydrogen) atoms. The standard InChI is InChI=1S/C16H24N2O5S/c1-11-6-5-7-13(15(11)22-4)16(19)17-14-9-23-8-12(14)10-24(20,21)18(2)3/h5-7,12,14H,8-10H2,1-4H3,(H,17,19)/t12-,14+/m0/s1. The zero-order valence-corrected chi connectivity index (χ0v) is 15.2. The van der Waals surface area contributed by atoms with Gasteiger partial charge >= 0.3 is 0 Å². The molecule has 0 radical (unpaired) electrons. The van der Waals surface area contributed by atoms with Crippen LogP contribution in [0.3, 0.4) is 0 Å². The number of carbonyl (C=O) groups excluding carboxylic acids is 1. The van der Waals surface area contributed by atoms with Gasteiger partial charge in [-0.1, -0.05) is 12.1 Å². The molecular formula is C16H24N2O5S. The maximum absolute atomic E-state index is 12.6. The number of nitrogens with zero attached hydrogens (tertiary/aromatic N) is 1. The summed E-state index contributed by atoms with van der Waals surface area (Å²) in [5, 5.41) is 2.88. The maximum Gasteiger partial charge on any atom is 0.255 e. The average molecular weight is 356 g/mol. The molecular weight excluding hydrogens is 332 g/mol. The van der Waals surface area contributed by atoms with Crippen LogP contribution < -0.4 is 10.1 Å². The fourth-order valence-corrected chi connectivity index (χ4v) is 3.86. The van der Waals surface area contributed by atoms with Crippen LogP contribution in [0.2, 0.25) is 0 Å². The summed E-state index contributed by atoms with van der Waals surface area (Å²) in [7, 11) is 1.15. The maximum atomic E-state index is 12.6. The van der Waals surface area contributed by atoms with Crippen molar-refractivity contribution < 1.29 is 22.7 Å². The normalized spacial score (nSPS) is 21.0.